The molecule has 2 heterocycles. The van der Waals surface area contributed by atoms with Crippen LogP contribution in [0.2, 0.25) is 0 Å². The molecular formula is C8H10FN3O. The number of hydrogen-bond acceptors (Lipinski definition) is 4. The number of hydrogen-bond donors (Lipinski definition) is 0. The molecule has 13 heavy (non-hydrogen) atoms. The molecule has 1 aromatic rings. The highest BCUT2D eigenvalue weighted by atomic mass is 19.1. The summed E-state index contributed by atoms with van der Waals surface area (Å²) >= 11 is 0. The lowest BCUT2D eigenvalue weighted by atomic mass is 10.4. The van der Waals surface area contributed by atoms with Crippen LogP contribution < -0.4 is 4.90 Å². The number of rotatable bonds is 1. The Balaban J connectivity index is 2.10. The monoisotopic (exact) mass is 183 g/mol. The third kappa shape index (κ3) is 1.92. The first-order valence-corrected chi connectivity index (χ1v) is 4.16. The van der Waals surface area contributed by atoms with E-state index in [2.05, 4.69) is 14.9 Å². The predicted octanol–water partition coefficient (Wildman–Crippen LogP) is 0.452. The number of halogens is 1. The van der Waals surface area contributed by atoms with Gasteiger partial charge < -0.3 is 9.64 Å². The van der Waals surface area contributed by atoms with E-state index >= 15 is 0 Å². The second-order valence-electron chi connectivity index (χ2n) is 2.81. The minimum atomic E-state index is -0.683. The fourth-order valence-corrected chi connectivity index (χ4v) is 1.29. The molecule has 1 aliphatic rings. The summed E-state index contributed by atoms with van der Waals surface area (Å²) in [7, 11) is 0. The van der Waals surface area contributed by atoms with Gasteiger partial charge in [-0.3, -0.25) is 0 Å². The molecule has 0 aliphatic carbocycles. The maximum atomic E-state index is 12.4. The Morgan fingerprint density at radius 3 is 2.46 bits per heavy atom. The van der Waals surface area contributed by atoms with Gasteiger partial charge in [0, 0.05) is 13.1 Å². The van der Waals surface area contributed by atoms with E-state index in [1.165, 1.54) is 12.4 Å². The number of nitrogens with zero attached hydrogens (tertiary/aromatic N) is 3. The molecule has 0 N–H and O–H groups in total. The van der Waals surface area contributed by atoms with Crippen molar-refractivity contribution in [3.05, 3.63) is 18.5 Å². The van der Waals surface area contributed by atoms with Crippen LogP contribution in [0.1, 0.15) is 0 Å². The van der Waals surface area contributed by atoms with Crippen molar-refractivity contribution in [3.63, 3.8) is 0 Å². The van der Waals surface area contributed by atoms with Gasteiger partial charge in [-0.25, -0.2) is 9.97 Å². The number of aromatic nitrogens is 2. The second-order valence-corrected chi connectivity index (χ2v) is 2.81. The maximum Gasteiger partial charge on any atom is 0.308 e. The van der Waals surface area contributed by atoms with E-state index in [0.29, 0.717) is 13.2 Å². The summed E-state index contributed by atoms with van der Waals surface area (Å²) in [4.78, 5) is 9.06. The highest BCUT2D eigenvalue weighted by molar-refractivity contribution is 5.41. The first-order valence-electron chi connectivity index (χ1n) is 4.16. The molecule has 0 amide bonds. The first-order chi connectivity index (χ1) is 6.36. The van der Waals surface area contributed by atoms with Gasteiger partial charge in [0.15, 0.2) is 0 Å². The van der Waals surface area contributed by atoms with Gasteiger partial charge in [0.1, 0.15) is 0 Å². The smallest absolute Gasteiger partial charge is 0.308 e. The summed E-state index contributed by atoms with van der Waals surface area (Å²) in [6, 6.07) is 0. The molecule has 0 spiro atoms. The van der Waals surface area contributed by atoms with Gasteiger partial charge in [-0.2, -0.15) is 4.39 Å². The van der Waals surface area contributed by atoms with E-state index in [9.17, 15) is 4.39 Å². The fourth-order valence-electron chi connectivity index (χ4n) is 1.29. The van der Waals surface area contributed by atoms with Crippen LogP contribution in [0.3, 0.4) is 0 Å². The summed E-state index contributed by atoms with van der Waals surface area (Å²) in [5.41, 5.74) is 0.852. The summed E-state index contributed by atoms with van der Waals surface area (Å²) in [6.07, 6.45) is 2.30. The van der Waals surface area contributed by atoms with Gasteiger partial charge in [0.25, 0.3) is 0 Å². The van der Waals surface area contributed by atoms with Gasteiger partial charge in [0.05, 0.1) is 31.3 Å². The molecule has 1 fully saturated rings. The van der Waals surface area contributed by atoms with Crippen molar-refractivity contribution in [2.75, 3.05) is 31.2 Å². The standard InChI is InChI=1S/C8H10FN3O/c9-8-10-5-7(6-11-8)12-1-3-13-4-2-12/h5-6H,1-4H2. The number of morpholine rings is 1. The lowest BCUT2D eigenvalue weighted by Crippen LogP contribution is -2.36. The Morgan fingerprint density at radius 1 is 1.23 bits per heavy atom. The average molecular weight is 183 g/mol. The van der Waals surface area contributed by atoms with Gasteiger partial charge in [-0.15, -0.1) is 0 Å². The third-order valence-corrected chi connectivity index (χ3v) is 1.98. The molecule has 0 unspecified atom stereocenters. The van der Waals surface area contributed by atoms with Crippen LogP contribution in [0, 0.1) is 6.08 Å². The van der Waals surface area contributed by atoms with Crippen LogP contribution in [-0.4, -0.2) is 36.3 Å². The second kappa shape index (κ2) is 3.66. The van der Waals surface area contributed by atoms with Crippen molar-refractivity contribution < 1.29 is 9.13 Å². The minimum Gasteiger partial charge on any atom is -0.378 e. The molecule has 0 radical (unpaired) electrons. The zero-order chi connectivity index (χ0) is 9.10. The van der Waals surface area contributed by atoms with Crippen LogP contribution in [-0.2, 0) is 4.74 Å². The number of ether oxygens (including phenoxy) is 1. The van der Waals surface area contributed by atoms with Crippen LogP contribution in [0.5, 0.6) is 0 Å². The molecule has 5 heteroatoms. The maximum absolute atomic E-state index is 12.4. The van der Waals surface area contributed by atoms with Gasteiger partial charge in [0.2, 0.25) is 0 Å². The van der Waals surface area contributed by atoms with Gasteiger partial charge >= 0.3 is 6.08 Å². The molecule has 70 valence electrons. The molecule has 1 aliphatic heterocycles. The Kier molecular flexibility index (Phi) is 2.35. The molecule has 2 rings (SSSR count). The number of anilines is 1. The minimum absolute atomic E-state index is 0.683. The van der Waals surface area contributed by atoms with E-state index in [1.54, 1.807) is 0 Å². The average Bonchev–Trinajstić information content (AvgIpc) is 2.20. The Morgan fingerprint density at radius 2 is 1.85 bits per heavy atom. The molecule has 0 aromatic carbocycles. The lowest BCUT2D eigenvalue weighted by Gasteiger charge is -2.27. The third-order valence-electron chi connectivity index (χ3n) is 1.98. The highest BCUT2D eigenvalue weighted by Gasteiger charge is 2.11. The van der Waals surface area contributed by atoms with Crippen molar-refractivity contribution >= 4 is 5.69 Å². The summed E-state index contributed by atoms with van der Waals surface area (Å²) in [5.74, 6) is 0. The van der Waals surface area contributed by atoms with E-state index in [4.69, 9.17) is 4.74 Å². The first kappa shape index (κ1) is 8.37. The molecule has 1 saturated heterocycles. The molecule has 4 nitrogen and oxygen atoms in total. The lowest BCUT2D eigenvalue weighted by molar-refractivity contribution is 0.122. The van der Waals surface area contributed by atoms with Crippen molar-refractivity contribution in [2.45, 2.75) is 0 Å². The van der Waals surface area contributed by atoms with E-state index < -0.39 is 6.08 Å². The highest BCUT2D eigenvalue weighted by Crippen LogP contribution is 2.12. The Labute approximate surface area is 75.4 Å². The van der Waals surface area contributed by atoms with E-state index in [-0.39, 0.29) is 0 Å². The zero-order valence-electron chi connectivity index (χ0n) is 7.11. The Bertz CT molecular complexity index is 271. The molecule has 0 bridgehead atoms. The quantitative estimate of drug-likeness (QED) is 0.592. The zero-order valence-corrected chi connectivity index (χ0v) is 7.11. The van der Waals surface area contributed by atoms with Crippen molar-refractivity contribution in [1.29, 1.82) is 0 Å². The predicted molar refractivity (Wildman–Crippen MR) is 45.0 cm³/mol. The molecule has 1 aromatic heterocycles. The van der Waals surface area contributed by atoms with Crippen molar-refractivity contribution in [3.8, 4) is 0 Å². The Hall–Kier alpha value is -1.23. The summed E-state index contributed by atoms with van der Waals surface area (Å²) in [5, 5.41) is 0. The largest absolute Gasteiger partial charge is 0.378 e. The topological polar surface area (TPSA) is 38.2 Å². The van der Waals surface area contributed by atoms with Crippen LogP contribution >= 0.6 is 0 Å². The van der Waals surface area contributed by atoms with Crippen LogP contribution in [0.4, 0.5) is 10.1 Å². The molecular weight excluding hydrogens is 173 g/mol. The van der Waals surface area contributed by atoms with E-state index in [0.717, 1.165) is 18.8 Å². The van der Waals surface area contributed by atoms with Crippen LogP contribution in [0.15, 0.2) is 12.4 Å². The van der Waals surface area contributed by atoms with Gasteiger partial charge in [-0.05, 0) is 0 Å². The van der Waals surface area contributed by atoms with Crippen molar-refractivity contribution in [1.82, 2.24) is 9.97 Å². The van der Waals surface area contributed by atoms with Gasteiger partial charge in [-0.1, -0.05) is 0 Å². The summed E-state index contributed by atoms with van der Waals surface area (Å²) in [6.45, 7) is 3.04. The molecule has 0 atom stereocenters. The molecule has 0 saturated carbocycles. The van der Waals surface area contributed by atoms with E-state index in [1.807, 2.05) is 0 Å². The fraction of sp³-hybridized carbons (Fsp3) is 0.500. The summed E-state index contributed by atoms with van der Waals surface area (Å²) < 4.78 is 17.6. The SMILES string of the molecule is Fc1ncc(N2CCOCC2)cn1. The normalized spacial score (nSPS) is 17.5. The van der Waals surface area contributed by atoms with Crippen LogP contribution in [0.25, 0.3) is 0 Å². The van der Waals surface area contributed by atoms with Crippen molar-refractivity contribution in [2.24, 2.45) is 0 Å².